The summed E-state index contributed by atoms with van der Waals surface area (Å²) in [4.78, 5) is 3.98. The van der Waals surface area contributed by atoms with E-state index < -0.39 is 0 Å². The summed E-state index contributed by atoms with van der Waals surface area (Å²) in [5, 5.41) is 0. The molecular formula is C6H13ClN2O3Pt-2. The number of aromatic nitrogens is 1. The molecule has 0 aliphatic carbocycles. The van der Waals surface area contributed by atoms with Crippen LogP contribution < -0.4 is 18.6 Å². The van der Waals surface area contributed by atoms with Gasteiger partial charge in [-0.05, 0) is 19.1 Å². The van der Waals surface area contributed by atoms with Gasteiger partial charge in [0.25, 0.3) is 0 Å². The number of halogens is 1. The molecule has 5 nitrogen and oxygen atoms in total. The van der Waals surface area contributed by atoms with Crippen molar-refractivity contribution < 1.29 is 49.9 Å². The summed E-state index contributed by atoms with van der Waals surface area (Å²) in [5.74, 6) is 0. The molecule has 0 atom stereocenters. The third kappa shape index (κ3) is 18.7. The van der Waals surface area contributed by atoms with Crippen LogP contribution in [-0.2, 0) is 21.1 Å². The Morgan fingerprint density at radius 2 is 1.54 bits per heavy atom. The van der Waals surface area contributed by atoms with E-state index in [1.165, 1.54) is 0 Å². The van der Waals surface area contributed by atoms with Gasteiger partial charge in [0, 0.05) is 11.9 Å². The average molecular weight is 392 g/mol. The summed E-state index contributed by atoms with van der Waals surface area (Å²) in [6.07, 6.45) is 1.79. The fraction of sp³-hybridized carbons (Fsp3) is 0.167. The van der Waals surface area contributed by atoms with Gasteiger partial charge >= 0.3 is 21.1 Å². The monoisotopic (exact) mass is 391 g/mol. The number of aryl methyl sites for hydroxylation is 1. The number of hydrogen-bond donors (Lipinski definition) is 1. The standard InChI is InChI=1S/C6H7N.ClH.H3N.3H2O.Pt/c1-6-4-2-3-5-7-6;;;;;;/h2-5H,1H3;1H;1H3;3*1H2;/q;;;;;;+2/p-4. The Hall–Kier alpha value is -0.0317. The molecule has 6 N–H and O–H groups in total. The fourth-order valence-corrected chi connectivity index (χ4v) is 0.448. The van der Waals surface area contributed by atoms with Gasteiger partial charge in [-0.15, -0.1) is 0 Å². The molecule has 0 aliphatic rings. The van der Waals surface area contributed by atoms with Gasteiger partial charge in [-0.1, -0.05) is 6.07 Å². The molecule has 84 valence electrons. The van der Waals surface area contributed by atoms with Crippen LogP contribution in [0.1, 0.15) is 5.69 Å². The minimum atomic E-state index is 0. The SMILES string of the molecule is Cc1ccccn1.N.[Cl-].[OH-].[OH-].[OH-].[Pt+2]. The van der Waals surface area contributed by atoms with Crippen molar-refractivity contribution in [2.24, 2.45) is 0 Å². The molecule has 0 fully saturated rings. The molecule has 0 aliphatic heterocycles. The van der Waals surface area contributed by atoms with E-state index in [9.17, 15) is 0 Å². The number of hydrogen-bond acceptors (Lipinski definition) is 5. The van der Waals surface area contributed by atoms with Crippen molar-refractivity contribution in [3.8, 4) is 0 Å². The summed E-state index contributed by atoms with van der Waals surface area (Å²) in [6, 6.07) is 5.86. The molecule has 0 aromatic carbocycles. The van der Waals surface area contributed by atoms with Gasteiger partial charge in [0.2, 0.25) is 0 Å². The molecule has 0 radical (unpaired) electrons. The topological polar surface area (TPSA) is 138 Å². The summed E-state index contributed by atoms with van der Waals surface area (Å²) < 4.78 is 0. The zero-order valence-corrected chi connectivity index (χ0v) is 10.0. The first kappa shape index (κ1) is 38.3. The maximum atomic E-state index is 3.98. The predicted molar refractivity (Wildman–Crippen MR) is 39.8 cm³/mol. The Balaban J connectivity index is -0.0000000204. The van der Waals surface area contributed by atoms with Crippen LogP contribution in [0.2, 0.25) is 0 Å². The molecule has 7 heteroatoms. The Morgan fingerprint density at radius 3 is 1.69 bits per heavy atom. The Labute approximate surface area is 98.1 Å². The van der Waals surface area contributed by atoms with Crippen LogP contribution in [0.25, 0.3) is 0 Å². The van der Waals surface area contributed by atoms with Crippen LogP contribution in [0.15, 0.2) is 24.4 Å². The van der Waals surface area contributed by atoms with Crippen LogP contribution in [0.5, 0.6) is 0 Å². The van der Waals surface area contributed by atoms with Crippen LogP contribution in [0.3, 0.4) is 0 Å². The molecule has 0 saturated carbocycles. The molecule has 1 aromatic rings. The predicted octanol–water partition coefficient (Wildman–Crippen LogP) is -1.98. The van der Waals surface area contributed by atoms with Gasteiger partial charge in [-0.3, -0.25) is 4.98 Å². The molecule has 1 heterocycles. The van der Waals surface area contributed by atoms with Crippen LogP contribution in [0, 0.1) is 6.92 Å². The first-order valence-electron chi connectivity index (χ1n) is 2.27. The Kier molecular flexibility index (Phi) is 66.7. The van der Waals surface area contributed by atoms with Crippen LogP contribution >= 0.6 is 0 Å². The van der Waals surface area contributed by atoms with Gasteiger partial charge in [0.15, 0.2) is 0 Å². The first-order valence-corrected chi connectivity index (χ1v) is 2.27. The number of rotatable bonds is 0. The minimum absolute atomic E-state index is 0. The second-order valence-electron chi connectivity index (χ2n) is 1.47. The second kappa shape index (κ2) is 22.7. The molecule has 0 amide bonds. The maximum Gasteiger partial charge on any atom is 2.00 e. The van der Waals surface area contributed by atoms with Gasteiger partial charge < -0.3 is 35.0 Å². The normalized spacial score (nSPS) is 4.69. The van der Waals surface area contributed by atoms with Crippen molar-refractivity contribution in [1.82, 2.24) is 11.1 Å². The molecule has 0 spiro atoms. The maximum absolute atomic E-state index is 3.98. The van der Waals surface area contributed by atoms with E-state index in [0.29, 0.717) is 0 Å². The minimum Gasteiger partial charge on any atom is -1.00 e. The van der Waals surface area contributed by atoms with Crippen molar-refractivity contribution in [3.63, 3.8) is 0 Å². The van der Waals surface area contributed by atoms with E-state index in [2.05, 4.69) is 4.98 Å². The van der Waals surface area contributed by atoms with Gasteiger partial charge in [-0.25, -0.2) is 0 Å². The van der Waals surface area contributed by atoms with Gasteiger partial charge in [0.05, 0.1) is 0 Å². The largest absolute Gasteiger partial charge is 2.00 e. The molecule has 1 rings (SSSR count). The van der Waals surface area contributed by atoms with E-state index in [1.54, 1.807) is 6.20 Å². The molecule has 0 bridgehead atoms. The van der Waals surface area contributed by atoms with Crippen molar-refractivity contribution in [2.45, 2.75) is 6.92 Å². The third-order valence-corrected chi connectivity index (χ3v) is 0.813. The molecule has 13 heavy (non-hydrogen) atoms. The summed E-state index contributed by atoms with van der Waals surface area (Å²) in [5.41, 5.74) is 1.07. The van der Waals surface area contributed by atoms with Crippen LogP contribution in [-0.4, -0.2) is 21.4 Å². The number of nitrogens with zero attached hydrogens (tertiary/aromatic N) is 1. The van der Waals surface area contributed by atoms with Gasteiger partial charge in [0.1, 0.15) is 0 Å². The Bertz CT molecular complexity index is 156. The molecular weight excluding hydrogens is 379 g/mol. The van der Waals surface area contributed by atoms with Crippen molar-refractivity contribution in [3.05, 3.63) is 30.1 Å². The van der Waals surface area contributed by atoms with E-state index in [4.69, 9.17) is 0 Å². The first-order chi connectivity index (χ1) is 3.39. The van der Waals surface area contributed by atoms with Crippen molar-refractivity contribution in [2.75, 3.05) is 0 Å². The molecule has 0 saturated heterocycles. The Morgan fingerprint density at radius 1 is 1.08 bits per heavy atom. The van der Waals surface area contributed by atoms with E-state index >= 15 is 0 Å². The van der Waals surface area contributed by atoms with Gasteiger partial charge in [-0.2, -0.15) is 0 Å². The zero-order valence-electron chi connectivity index (χ0n) is 7.00. The summed E-state index contributed by atoms with van der Waals surface area (Å²) >= 11 is 0. The van der Waals surface area contributed by atoms with E-state index in [1.807, 2.05) is 25.1 Å². The van der Waals surface area contributed by atoms with E-state index in [-0.39, 0.29) is 56.1 Å². The smallest absolute Gasteiger partial charge is 1.00 e. The summed E-state index contributed by atoms with van der Waals surface area (Å²) in [7, 11) is 0. The van der Waals surface area contributed by atoms with Crippen molar-refractivity contribution in [1.29, 1.82) is 0 Å². The van der Waals surface area contributed by atoms with Crippen LogP contribution in [0.4, 0.5) is 0 Å². The fourth-order valence-electron chi connectivity index (χ4n) is 0.448. The second-order valence-corrected chi connectivity index (χ2v) is 1.47. The molecule has 1 aromatic heterocycles. The number of pyridine rings is 1. The summed E-state index contributed by atoms with van der Waals surface area (Å²) in [6.45, 7) is 1.97. The zero-order chi connectivity index (χ0) is 5.11. The quantitative estimate of drug-likeness (QED) is 0.546. The average Bonchev–Trinajstić information content (AvgIpc) is 1.69. The molecule has 0 unspecified atom stereocenters. The van der Waals surface area contributed by atoms with E-state index in [0.717, 1.165) is 5.69 Å². The third-order valence-electron chi connectivity index (χ3n) is 0.813. The van der Waals surface area contributed by atoms with Crippen molar-refractivity contribution >= 4 is 0 Å².